The van der Waals surface area contributed by atoms with E-state index in [1.165, 1.54) is 12.1 Å². The van der Waals surface area contributed by atoms with E-state index in [9.17, 15) is 9.18 Å². The van der Waals surface area contributed by atoms with E-state index in [1.54, 1.807) is 36.5 Å². The number of rotatable bonds is 3. The Bertz CT molecular complexity index is 944. The molecule has 25 heavy (non-hydrogen) atoms. The van der Waals surface area contributed by atoms with Gasteiger partial charge in [0, 0.05) is 17.1 Å². The Morgan fingerprint density at radius 1 is 1.20 bits per heavy atom. The summed E-state index contributed by atoms with van der Waals surface area (Å²) in [4.78, 5) is 16.5. The monoisotopic (exact) mass is 339 g/mol. The van der Waals surface area contributed by atoms with Gasteiger partial charge in [0.1, 0.15) is 19.0 Å². The van der Waals surface area contributed by atoms with Crippen molar-refractivity contribution in [2.24, 2.45) is 0 Å². The summed E-state index contributed by atoms with van der Waals surface area (Å²) in [6.45, 7) is -0.0242. The highest BCUT2D eigenvalue weighted by atomic mass is 19.1. The van der Waals surface area contributed by atoms with Crippen molar-refractivity contribution >= 4 is 16.9 Å². The zero-order chi connectivity index (χ0) is 17.2. The number of halogens is 1. The minimum Gasteiger partial charge on any atom is -0.485 e. The molecule has 0 unspecified atom stereocenters. The fourth-order valence-corrected chi connectivity index (χ4v) is 2.72. The average molecular weight is 339 g/mol. The molecular formula is C19H14FNO4. The van der Waals surface area contributed by atoms with Gasteiger partial charge in [-0.1, -0.05) is 18.2 Å². The number of ether oxygens (including phenoxy) is 3. The molecule has 0 saturated heterocycles. The number of nitrogens with zero attached hydrogens (tertiary/aromatic N) is 1. The van der Waals surface area contributed by atoms with Crippen LogP contribution >= 0.6 is 0 Å². The summed E-state index contributed by atoms with van der Waals surface area (Å²) in [5.74, 6) is 0.112. The third-order valence-corrected chi connectivity index (χ3v) is 3.89. The van der Waals surface area contributed by atoms with Crippen molar-refractivity contribution in [3.63, 3.8) is 0 Å². The lowest BCUT2D eigenvalue weighted by Gasteiger charge is -2.25. The number of pyridine rings is 1. The Balaban J connectivity index is 1.48. The molecule has 0 fully saturated rings. The molecule has 1 aliphatic heterocycles. The molecule has 0 bridgehead atoms. The summed E-state index contributed by atoms with van der Waals surface area (Å²) in [5, 5.41) is 0.653. The van der Waals surface area contributed by atoms with Crippen molar-refractivity contribution in [3.05, 3.63) is 66.1 Å². The first-order valence-electron chi connectivity index (χ1n) is 7.79. The summed E-state index contributed by atoms with van der Waals surface area (Å²) in [7, 11) is 0. The Labute approximate surface area is 143 Å². The minimum absolute atomic E-state index is 0.0675. The topological polar surface area (TPSA) is 57.7 Å². The Hall–Kier alpha value is -3.15. The first kappa shape index (κ1) is 15.4. The van der Waals surface area contributed by atoms with E-state index in [0.29, 0.717) is 28.0 Å². The molecule has 0 aliphatic carbocycles. The van der Waals surface area contributed by atoms with Crippen LogP contribution in [0.15, 0.2) is 54.7 Å². The van der Waals surface area contributed by atoms with Gasteiger partial charge < -0.3 is 14.2 Å². The molecule has 0 saturated carbocycles. The van der Waals surface area contributed by atoms with Gasteiger partial charge in [0.05, 0.1) is 5.52 Å². The number of aromatic nitrogens is 1. The zero-order valence-electron chi connectivity index (χ0n) is 13.1. The van der Waals surface area contributed by atoms with E-state index in [1.807, 2.05) is 6.07 Å². The second kappa shape index (κ2) is 6.39. The number of carbonyl (C=O) groups excluding carboxylic acids is 1. The normalized spacial score (nSPS) is 15.8. The van der Waals surface area contributed by atoms with Crippen LogP contribution in [0.3, 0.4) is 0 Å². The zero-order valence-corrected chi connectivity index (χ0v) is 13.1. The van der Waals surface area contributed by atoms with E-state index in [2.05, 4.69) is 4.98 Å². The van der Waals surface area contributed by atoms with E-state index < -0.39 is 17.9 Å². The van der Waals surface area contributed by atoms with Crippen LogP contribution in [0.25, 0.3) is 10.9 Å². The minimum atomic E-state index is -0.859. The maximum atomic E-state index is 13.7. The average Bonchev–Trinajstić information content (AvgIpc) is 2.65. The molecular weight excluding hydrogens is 325 g/mol. The van der Waals surface area contributed by atoms with Gasteiger partial charge >= 0.3 is 5.97 Å². The van der Waals surface area contributed by atoms with Gasteiger partial charge in [0.15, 0.2) is 11.5 Å². The Morgan fingerprint density at radius 3 is 2.92 bits per heavy atom. The fourth-order valence-electron chi connectivity index (χ4n) is 2.72. The first-order chi connectivity index (χ1) is 12.2. The number of benzene rings is 2. The molecule has 0 N–H and O–H groups in total. The molecule has 1 atom stereocenters. The lowest BCUT2D eigenvalue weighted by Crippen LogP contribution is -2.37. The maximum Gasteiger partial charge on any atom is 0.351 e. The van der Waals surface area contributed by atoms with Crippen LogP contribution in [0.5, 0.6) is 11.5 Å². The number of esters is 1. The fraction of sp³-hybridized carbons (Fsp3) is 0.158. The predicted octanol–water partition coefficient (Wildman–Crippen LogP) is 3.26. The molecule has 5 nitrogen and oxygen atoms in total. The summed E-state index contributed by atoms with van der Waals surface area (Å²) in [5.41, 5.74) is 1.10. The third kappa shape index (κ3) is 3.10. The molecule has 126 valence electrons. The number of para-hydroxylation sites is 2. The molecule has 2 aromatic carbocycles. The van der Waals surface area contributed by atoms with E-state index in [-0.39, 0.29) is 13.2 Å². The molecule has 3 aromatic rings. The third-order valence-electron chi connectivity index (χ3n) is 3.89. The van der Waals surface area contributed by atoms with Gasteiger partial charge in [-0.25, -0.2) is 9.18 Å². The SMILES string of the molecule is O=C(OCc1cc(F)cc2cccnc12)[C@@H]1COc2ccccc2O1. The second-order valence-electron chi connectivity index (χ2n) is 5.61. The maximum absolute atomic E-state index is 13.7. The van der Waals surface area contributed by atoms with Gasteiger partial charge in [-0.2, -0.15) is 0 Å². The smallest absolute Gasteiger partial charge is 0.351 e. The Kier molecular flexibility index (Phi) is 3.93. The number of fused-ring (bicyclic) bond motifs is 2. The summed E-state index contributed by atoms with van der Waals surface area (Å²) in [6.07, 6.45) is 0.753. The predicted molar refractivity (Wildman–Crippen MR) is 87.9 cm³/mol. The summed E-state index contributed by atoms with van der Waals surface area (Å²) >= 11 is 0. The van der Waals surface area contributed by atoms with E-state index in [0.717, 1.165) is 0 Å². The molecule has 2 heterocycles. The highest BCUT2D eigenvalue weighted by Crippen LogP contribution is 2.31. The number of hydrogen-bond donors (Lipinski definition) is 0. The highest BCUT2D eigenvalue weighted by Gasteiger charge is 2.28. The van der Waals surface area contributed by atoms with Crippen molar-refractivity contribution in [1.29, 1.82) is 0 Å². The van der Waals surface area contributed by atoms with Crippen molar-refractivity contribution < 1.29 is 23.4 Å². The van der Waals surface area contributed by atoms with E-state index >= 15 is 0 Å². The molecule has 0 spiro atoms. The molecule has 4 rings (SSSR count). The van der Waals surface area contributed by atoms with Crippen LogP contribution in [0.1, 0.15) is 5.56 Å². The van der Waals surface area contributed by atoms with Gasteiger partial charge in [-0.15, -0.1) is 0 Å². The number of carbonyl (C=O) groups is 1. The van der Waals surface area contributed by atoms with Crippen LogP contribution in [-0.4, -0.2) is 23.7 Å². The van der Waals surface area contributed by atoms with Crippen LogP contribution in [0, 0.1) is 5.82 Å². The van der Waals surface area contributed by atoms with Crippen LogP contribution < -0.4 is 9.47 Å². The summed E-state index contributed by atoms with van der Waals surface area (Å²) in [6, 6.07) is 13.3. The van der Waals surface area contributed by atoms with Crippen LogP contribution in [-0.2, 0) is 16.1 Å². The van der Waals surface area contributed by atoms with Crippen LogP contribution in [0.4, 0.5) is 4.39 Å². The molecule has 6 heteroatoms. The highest BCUT2D eigenvalue weighted by molar-refractivity contribution is 5.82. The van der Waals surface area contributed by atoms with Crippen molar-refractivity contribution in [2.45, 2.75) is 12.7 Å². The largest absolute Gasteiger partial charge is 0.485 e. The quantitative estimate of drug-likeness (QED) is 0.686. The van der Waals surface area contributed by atoms with Gasteiger partial charge in [-0.05, 0) is 30.3 Å². The lowest BCUT2D eigenvalue weighted by molar-refractivity contribution is -0.155. The molecule has 0 radical (unpaired) electrons. The second-order valence-corrected chi connectivity index (χ2v) is 5.61. The van der Waals surface area contributed by atoms with Crippen molar-refractivity contribution in [1.82, 2.24) is 4.98 Å². The van der Waals surface area contributed by atoms with Gasteiger partial charge in [0.2, 0.25) is 6.10 Å². The van der Waals surface area contributed by atoms with Gasteiger partial charge in [0.25, 0.3) is 0 Å². The van der Waals surface area contributed by atoms with Gasteiger partial charge in [-0.3, -0.25) is 4.98 Å². The summed E-state index contributed by atoms with van der Waals surface area (Å²) < 4.78 is 30.1. The van der Waals surface area contributed by atoms with Crippen molar-refractivity contribution in [2.75, 3.05) is 6.61 Å². The van der Waals surface area contributed by atoms with Crippen LogP contribution in [0.2, 0.25) is 0 Å². The van der Waals surface area contributed by atoms with Crippen molar-refractivity contribution in [3.8, 4) is 11.5 Å². The van der Waals surface area contributed by atoms with E-state index in [4.69, 9.17) is 14.2 Å². The first-order valence-corrected chi connectivity index (χ1v) is 7.79. The standard InChI is InChI=1S/C19H14FNO4/c20-14-8-12-4-3-7-21-18(12)13(9-14)10-24-19(22)17-11-23-15-5-1-2-6-16(15)25-17/h1-9,17H,10-11H2/t17-/m0/s1. The Morgan fingerprint density at radius 2 is 2.04 bits per heavy atom. The number of hydrogen-bond acceptors (Lipinski definition) is 5. The lowest BCUT2D eigenvalue weighted by atomic mass is 10.1. The molecule has 0 amide bonds. The molecule has 1 aliphatic rings. The molecule has 1 aromatic heterocycles.